The Kier molecular flexibility index (Phi) is 7.47. The Hall–Kier alpha value is -4.37. The van der Waals surface area contributed by atoms with Gasteiger partial charge in [0.05, 0.1) is 24.9 Å². The lowest BCUT2D eigenvalue weighted by Gasteiger charge is -2.30. The number of nitrogens with zero attached hydrogens (tertiary/aromatic N) is 3. The number of nitrogens with two attached hydrogens (primary N) is 1. The molecule has 4 aromatic rings. The van der Waals surface area contributed by atoms with Crippen LogP contribution in [0.25, 0.3) is 22.2 Å². The van der Waals surface area contributed by atoms with Crippen molar-refractivity contribution in [2.75, 3.05) is 13.7 Å². The predicted octanol–water partition coefficient (Wildman–Crippen LogP) is 5.20. The van der Waals surface area contributed by atoms with E-state index in [1.165, 1.54) is 25.4 Å². The molecular formula is C30H24ClF6N5O4. The van der Waals surface area contributed by atoms with E-state index in [0.29, 0.717) is 41.9 Å². The van der Waals surface area contributed by atoms with E-state index in [4.69, 9.17) is 22.1 Å². The molecule has 2 heterocycles. The molecule has 46 heavy (non-hydrogen) atoms. The third-order valence-corrected chi connectivity index (χ3v) is 8.59. The fourth-order valence-corrected chi connectivity index (χ4v) is 5.41. The molecule has 2 aromatic heterocycles. The van der Waals surface area contributed by atoms with Crippen LogP contribution in [0.2, 0.25) is 5.02 Å². The zero-order chi connectivity index (χ0) is 33.3. The van der Waals surface area contributed by atoms with Crippen molar-refractivity contribution in [3.8, 4) is 17.0 Å². The number of nitrogens with one attached hydrogen (secondary N) is 1. The zero-order valence-corrected chi connectivity index (χ0v) is 24.6. The van der Waals surface area contributed by atoms with Crippen LogP contribution < -0.4 is 15.8 Å². The standard InChI is InChI=1S/C30H24ClF6N5O4/c1-46-19-9-13(8-14-11-42(41-24(14)19)28(35)6-7-28)26(43)39-12-29(45,15-2-3-15)20-10-17(30(36,37)27(38)44)23(34)25(40-20)16-4-5-18(32)21(31)22(16)33/h4-5,8-11,15,45H,2-3,6-7,12H2,1H3,(H2,38,44)(H,39,43)/t29-/m1/s1. The lowest BCUT2D eigenvalue weighted by atomic mass is 9.89. The molecule has 0 radical (unpaired) electrons. The van der Waals surface area contributed by atoms with Crippen LogP contribution in [0.4, 0.5) is 26.3 Å². The number of carbonyl (C=O) groups is 2. The number of methoxy groups -OCH3 is 1. The highest BCUT2D eigenvalue weighted by Gasteiger charge is 2.50. The Morgan fingerprint density at radius 3 is 2.48 bits per heavy atom. The summed E-state index contributed by atoms with van der Waals surface area (Å²) in [5.41, 5.74) is -1.29. The Bertz CT molecular complexity index is 1930. The molecule has 4 N–H and O–H groups in total. The average molecular weight is 668 g/mol. The summed E-state index contributed by atoms with van der Waals surface area (Å²) in [7, 11) is 1.33. The molecule has 0 unspecified atom stereocenters. The van der Waals surface area contributed by atoms with Crippen LogP contribution >= 0.6 is 11.6 Å². The summed E-state index contributed by atoms with van der Waals surface area (Å²) in [4.78, 5) is 28.9. The molecule has 6 rings (SSSR count). The Morgan fingerprint density at radius 1 is 1.17 bits per heavy atom. The largest absolute Gasteiger partial charge is 0.494 e. The quantitative estimate of drug-likeness (QED) is 0.157. The number of carbonyl (C=O) groups excluding carboxylic acids is 2. The van der Waals surface area contributed by atoms with E-state index < -0.39 is 86.6 Å². The van der Waals surface area contributed by atoms with Crippen molar-refractivity contribution in [3.63, 3.8) is 0 Å². The van der Waals surface area contributed by atoms with Gasteiger partial charge in [-0.15, -0.1) is 0 Å². The van der Waals surface area contributed by atoms with Crippen LogP contribution in [-0.4, -0.2) is 45.3 Å². The van der Waals surface area contributed by atoms with Gasteiger partial charge in [-0.25, -0.2) is 27.2 Å². The molecule has 16 heteroatoms. The number of amides is 2. The highest BCUT2D eigenvalue weighted by Crippen LogP contribution is 2.48. The van der Waals surface area contributed by atoms with Crippen molar-refractivity contribution in [2.24, 2.45) is 11.7 Å². The van der Waals surface area contributed by atoms with Gasteiger partial charge < -0.3 is 20.9 Å². The van der Waals surface area contributed by atoms with E-state index in [-0.39, 0.29) is 24.2 Å². The molecule has 2 amide bonds. The molecule has 2 aromatic carbocycles. The number of hydrogen-bond donors (Lipinski definition) is 3. The van der Waals surface area contributed by atoms with Crippen molar-refractivity contribution in [3.05, 3.63) is 75.8 Å². The van der Waals surface area contributed by atoms with Crippen molar-refractivity contribution >= 4 is 34.3 Å². The Labute approximate surface area is 261 Å². The molecule has 2 fully saturated rings. The number of fused-ring (bicyclic) bond motifs is 1. The van der Waals surface area contributed by atoms with Crippen LogP contribution in [0.15, 0.2) is 36.5 Å². The minimum atomic E-state index is -4.65. The summed E-state index contributed by atoms with van der Waals surface area (Å²) in [6.07, 6.45) is 2.66. The smallest absolute Gasteiger partial charge is 0.352 e. The summed E-state index contributed by atoms with van der Waals surface area (Å²) >= 11 is 5.63. The number of aliphatic hydroxyl groups is 1. The SMILES string of the molecule is COc1cc(C(=O)NC[C@](O)(c2cc(C(F)(F)C(N)=O)c(F)c(-c3ccc(F)c(Cl)c3F)n2)C2CC2)cc2cn(C3(F)CC3)nc12. The van der Waals surface area contributed by atoms with Crippen molar-refractivity contribution < 1.29 is 45.8 Å². The van der Waals surface area contributed by atoms with E-state index >= 15 is 4.39 Å². The summed E-state index contributed by atoms with van der Waals surface area (Å²) in [6.45, 7) is -0.657. The van der Waals surface area contributed by atoms with Gasteiger partial charge in [-0.2, -0.15) is 13.9 Å². The molecule has 9 nitrogen and oxygen atoms in total. The van der Waals surface area contributed by atoms with Gasteiger partial charge in [-0.1, -0.05) is 11.6 Å². The van der Waals surface area contributed by atoms with Crippen LogP contribution in [-0.2, 0) is 22.1 Å². The maximum absolute atomic E-state index is 15.6. The fraction of sp³-hybridized carbons (Fsp3) is 0.333. The molecule has 2 aliphatic rings. The zero-order valence-electron chi connectivity index (χ0n) is 23.8. The third kappa shape index (κ3) is 5.20. The summed E-state index contributed by atoms with van der Waals surface area (Å²) in [5, 5.41) is 17.9. The van der Waals surface area contributed by atoms with E-state index in [2.05, 4.69) is 15.4 Å². The lowest BCUT2D eigenvalue weighted by Crippen LogP contribution is -2.44. The average Bonchev–Trinajstić information content (AvgIpc) is 3.96. The van der Waals surface area contributed by atoms with Crippen molar-refractivity contribution in [2.45, 2.75) is 43.0 Å². The van der Waals surface area contributed by atoms with Crippen LogP contribution in [0.5, 0.6) is 5.75 Å². The second kappa shape index (κ2) is 10.9. The second-order valence-corrected chi connectivity index (χ2v) is 11.7. The fourth-order valence-electron chi connectivity index (χ4n) is 5.25. The number of aromatic nitrogens is 3. The summed E-state index contributed by atoms with van der Waals surface area (Å²) < 4.78 is 95.5. The molecule has 2 saturated carbocycles. The maximum atomic E-state index is 15.6. The first-order valence-electron chi connectivity index (χ1n) is 13.9. The predicted molar refractivity (Wildman–Crippen MR) is 151 cm³/mol. The van der Waals surface area contributed by atoms with E-state index in [1.54, 1.807) is 0 Å². The Morgan fingerprint density at radius 2 is 1.87 bits per heavy atom. The summed E-state index contributed by atoms with van der Waals surface area (Å²) in [5.74, 6) is -14.4. The first-order chi connectivity index (χ1) is 21.6. The van der Waals surface area contributed by atoms with Gasteiger partial charge in [-0.05, 0) is 49.1 Å². The molecule has 242 valence electrons. The van der Waals surface area contributed by atoms with E-state index in [0.717, 1.165) is 4.68 Å². The normalized spacial score (nSPS) is 17.1. The molecule has 0 saturated heterocycles. The number of ether oxygens (including phenoxy) is 1. The van der Waals surface area contributed by atoms with Gasteiger partial charge in [0.15, 0.2) is 11.6 Å². The van der Waals surface area contributed by atoms with Crippen molar-refractivity contribution in [1.82, 2.24) is 20.1 Å². The highest BCUT2D eigenvalue weighted by atomic mass is 35.5. The minimum Gasteiger partial charge on any atom is -0.494 e. The maximum Gasteiger partial charge on any atom is 0.352 e. The lowest BCUT2D eigenvalue weighted by molar-refractivity contribution is -0.143. The molecule has 0 aliphatic heterocycles. The number of benzene rings is 2. The first kappa shape index (κ1) is 31.6. The van der Waals surface area contributed by atoms with Gasteiger partial charge in [0.25, 0.3) is 11.8 Å². The summed E-state index contributed by atoms with van der Waals surface area (Å²) in [6, 6.07) is 4.53. The molecular weight excluding hydrogens is 644 g/mol. The monoisotopic (exact) mass is 667 g/mol. The van der Waals surface area contributed by atoms with E-state index in [9.17, 15) is 36.6 Å². The number of alkyl halides is 3. The minimum absolute atomic E-state index is 0.0162. The molecule has 0 spiro atoms. The van der Waals surface area contributed by atoms with Crippen molar-refractivity contribution in [1.29, 1.82) is 0 Å². The number of halogens is 7. The number of primary amides is 1. The third-order valence-electron chi connectivity index (χ3n) is 8.24. The van der Waals surface area contributed by atoms with Gasteiger partial charge >= 0.3 is 5.92 Å². The van der Waals surface area contributed by atoms with Gasteiger partial charge in [0.2, 0.25) is 5.79 Å². The molecule has 0 bridgehead atoms. The molecule has 2 aliphatic carbocycles. The van der Waals surface area contributed by atoms with Gasteiger partial charge in [0, 0.05) is 35.6 Å². The second-order valence-electron chi connectivity index (χ2n) is 11.4. The van der Waals surface area contributed by atoms with Crippen LogP contribution in [0.1, 0.15) is 47.3 Å². The number of hydrogen-bond acceptors (Lipinski definition) is 6. The van der Waals surface area contributed by atoms with E-state index in [1.807, 2.05) is 0 Å². The van der Waals surface area contributed by atoms with Crippen LogP contribution in [0.3, 0.4) is 0 Å². The number of rotatable bonds is 10. The Balaban J connectivity index is 1.40. The van der Waals surface area contributed by atoms with Gasteiger partial charge in [-0.3, -0.25) is 9.59 Å². The topological polar surface area (TPSA) is 132 Å². The first-order valence-corrected chi connectivity index (χ1v) is 14.3. The molecule has 1 atom stereocenters. The highest BCUT2D eigenvalue weighted by molar-refractivity contribution is 6.31. The van der Waals surface area contributed by atoms with Gasteiger partial charge in [0.1, 0.15) is 33.4 Å². The van der Waals surface area contributed by atoms with Crippen LogP contribution in [0, 0.1) is 23.4 Å². The number of pyridine rings is 1.